The SMILES string of the molecule is COC(=O)[C@](C)(NC(=O)Cc1ccc2c(c1)CCO2)c1ccccc1. The van der Waals surface area contributed by atoms with Gasteiger partial charge in [0.25, 0.3) is 0 Å². The fourth-order valence-corrected chi connectivity index (χ4v) is 3.07. The van der Waals surface area contributed by atoms with Crippen LogP contribution in [0, 0.1) is 0 Å². The van der Waals surface area contributed by atoms with Gasteiger partial charge in [0.2, 0.25) is 5.91 Å². The smallest absolute Gasteiger partial charge is 0.336 e. The van der Waals surface area contributed by atoms with Crippen LogP contribution in [-0.4, -0.2) is 25.6 Å². The van der Waals surface area contributed by atoms with Crippen molar-refractivity contribution < 1.29 is 19.1 Å². The average Bonchev–Trinajstić information content (AvgIpc) is 3.09. The Morgan fingerprint density at radius 1 is 1.20 bits per heavy atom. The predicted octanol–water partition coefficient (Wildman–Crippen LogP) is 2.37. The van der Waals surface area contributed by atoms with E-state index in [-0.39, 0.29) is 12.3 Å². The summed E-state index contributed by atoms with van der Waals surface area (Å²) in [5, 5.41) is 2.83. The molecule has 0 aliphatic carbocycles. The van der Waals surface area contributed by atoms with Crippen LogP contribution in [0.3, 0.4) is 0 Å². The summed E-state index contributed by atoms with van der Waals surface area (Å²) >= 11 is 0. The number of hydrogen-bond acceptors (Lipinski definition) is 4. The molecule has 2 aromatic rings. The minimum atomic E-state index is -1.23. The van der Waals surface area contributed by atoms with Crippen LogP contribution in [0.15, 0.2) is 48.5 Å². The van der Waals surface area contributed by atoms with Gasteiger partial charge in [0.1, 0.15) is 5.75 Å². The van der Waals surface area contributed by atoms with Gasteiger partial charge in [-0.3, -0.25) is 4.79 Å². The second-order valence-electron chi connectivity index (χ2n) is 6.25. The van der Waals surface area contributed by atoms with E-state index in [1.165, 1.54) is 7.11 Å². The van der Waals surface area contributed by atoms with Gasteiger partial charge in [-0.2, -0.15) is 0 Å². The topological polar surface area (TPSA) is 64.6 Å². The molecule has 1 N–H and O–H groups in total. The van der Waals surface area contributed by atoms with Gasteiger partial charge in [0.05, 0.1) is 20.1 Å². The lowest BCUT2D eigenvalue weighted by Crippen LogP contribution is -2.50. The predicted molar refractivity (Wildman–Crippen MR) is 93.3 cm³/mol. The van der Waals surface area contributed by atoms with Crippen molar-refractivity contribution in [2.24, 2.45) is 0 Å². The van der Waals surface area contributed by atoms with Gasteiger partial charge in [0.15, 0.2) is 5.54 Å². The molecule has 1 atom stereocenters. The second kappa shape index (κ2) is 6.97. The van der Waals surface area contributed by atoms with Crippen LogP contribution in [0.25, 0.3) is 0 Å². The molecule has 1 amide bonds. The minimum Gasteiger partial charge on any atom is -0.493 e. The zero-order valence-corrected chi connectivity index (χ0v) is 14.4. The number of methoxy groups -OCH3 is 1. The van der Waals surface area contributed by atoms with Gasteiger partial charge in [-0.05, 0) is 29.7 Å². The quantitative estimate of drug-likeness (QED) is 0.850. The highest BCUT2D eigenvalue weighted by Gasteiger charge is 2.37. The Balaban J connectivity index is 1.78. The van der Waals surface area contributed by atoms with Gasteiger partial charge in [0, 0.05) is 6.42 Å². The molecule has 0 spiro atoms. The summed E-state index contributed by atoms with van der Waals surface area (Å²) in [6, 6.07) is 14.8. The summed E-state index contributed by atoms with van der Waals surface area (Å²) in [6.07, 6.45) is 1.04. The number of benzene rings is 2. The average molecular weight is 339 g/mol. The Kier molecular flexibility index (Phi) is 4.74. The van der Waals surface area contributed by atoms with Gasteiger partial charge < -0.3 is 14.8 Å². The number of carbonyl (C=O) groups is 2. The van der Waals surface area contributed by atoms with Crippen molar-refractivity contribution in [2.75, 3.05) is 13.7 Å². The molecule has 1 aliphatic heterocycles. The molecule has 3 rings (SSSR count). The molecule has 25 heavy (non-hydrogen) atoms. The van der Waals surface area contributed by atoms with E-state index in [2.05, 4.69) is 5.32 Å². The van der Waals surface area contributed by atoms with E-state index in [1.54, 1.807) is 19.1 Å². The molecule has 0 saturated carbocycles. The first-order valence-corrected chi connectivity index (χ1v) is 8.22. The van der Waals surface area contributed by atoms with Crippen molar-refractivity contribution in [1.29, 1.82) is 0 Å². The molecule has 1 heterocycles. The Morgan fingerprint density at radius 3 is 2.68 bits per heavy atom. The summed E-state index contributed by atoms with van der Waals surface area (Å²) in [6.45, 7) is 2.34. The standard InChI is InChI=1S/C20H21NO4/c1-20(19(23)24-2,16-6-4-3-5-7-16)21-18(22)13-14-8-9-17-15(12-14)10-11-25-17/h3-9,12H,10-11,13H2,1-2H3,(H,21,22)/t20-/m1/s1. The first kappa shape index (κ1) is 17.0. The fraction of sp³-hybridized carbons (Fsp3) is 0.300. The lowest BCUT2D eigenvalue weighted by atomic mass is 9.91. The van der Waals surface area contributed by atoms with Crippen molar-refractivity contribution in [3.05, 3.63) is 65.2 Å². The second-order valence-corrected chi connectivity index (χ2v) is 6.25. The lowest BCUT2D eigenvalue weighted by Gasteiger charge is -2.28. The van der Waals surface area contributed by atoms with Crippen LogP contribution >= 0.6 is 0 Å². The summed E-state index contributed by atoms with van der Waals surface area (Å²) in [5.74, 6) is 0.137. The highest BCUT2D eigenvalue weighted by atomic mass is 16.5. The van der Waals surface area contributed by atoms with Crippen LogP contribution in [0.4, 0.5) is 0 Å². The van der Waals surface area contributed by atoms with E-state index in [1.807, 2.05) is 36.4 Å². The zero-order valence-electron chi connectivity index (χ0n) is 14.4. The van der Waals surface area contributed by atoms with Crippen LogP contribution < -0.4 is 10.1 Å². The molecule has 0 fully saturated rings. The third kappa shape index (κ3) is 3.50. The largest absolute Gasteiger partial charge is 0.493 e. The van der Waals surface area contributed by atoms with Gasteiger partial charge in [-0.25, -0.2) is 4.79 Å². The normalized spacial score (nSPS) is 14.8. The monoisotopic (exact) mass is 339 g/mol. The molecule has 0 saturated heterocycles. The Labute approximate surface area is 147 Å². The van der Waals surface area contributed by atoms with Crippen molar-refractivity contribution in [2.45, 2.75) is 25.3 Å². The molecular formula is C20H21NO4. The Bertz CT molecular complexity index is 788. The first-order valence-electron chi connectivity index (χ1n) is 8.22. The first-order chi connectivity index (χ1) is 12.0. The van der Waals surface area contributed by atoms with Gasteiger partial charge in [-0.1, -0.05) is 42.5 Å². The molecule has 0 unspecified atom stereocenters. The van der Waals surface area contributed by atoms with E-state index in [4.69, 9.17) is 9.47 Å². The number of rotatable bonds is 5. The van der Waals surface area contributed by atoms with Crippen LogP contribution in [-0.2, 0) is 32.7 Å². The highest BCUT2D eigenvalue weighted by molar-refractivity contribution is 5.89. The molecule has 0 bridgehead atoms. The van der Waals surface area contributed by atoms with Crippen molar-refractivity contribution >= 4 is 11.9 Å². The van der Waals surface area contributed by atoms with Crippen molar-refractivity contribution in [3.63, 3.8) is 0 Å². The number of amides is 1. The Morgan fingerprint density at radius 2 is 1.96 bits per heavy atom. The third-order valence-corrected chi connectivity index (χ3v) is 4.45. The maximum Gasteiger partial charge on any atom is 0.336 e. The molecule has 5 nitrogen and oxygen atoms in total. The number of fused-ring (bicyclic) bond motifs is 1. The third-order valence-electron chi connectivity index (χ3n) is 4.45. The molecule has 0 aromatic heterocycles. The maximum absolute atomic E-state index is 12.6. The van der Waals surface area contributed by atoms with E-state index in [9.17, 15) is 9.59 Å². The Hall–Kier alpha value is -2.82. The summed E-state index contributed by atoms with van der Waals surface area (Å²) in [4.78, 5) is 24.9. The minimum absolute atomic E-state index is 0.187. The van der Waals surface area contributed by atoms with E-state index < -0.39 is 11.5 Å². The fourth-order valence-electron chi connectivity index (χ4n) is 3.07. The molecular weight excluding hydrogens is 318 g/mol. The van der Waals surface area contributed by atoms with Crippen LogP contribution in [0.2, 0.25) is 0 Å². The molecule has 130 valence electrons. The number of nitrogens with one attached hydrogen (secondary N) is 1. The zero-order chi connectivity index (χ0) is 17.9. The van der Waals surface area contributed by atoms with Crippen molar-refractivity contribution in [1.82, 2.24) is 5.32 Å². The molecule has 2 aromatic carbocycles. The summed E-state index contributed by atoms with van der Waals surface area (Å²) in [5.41, 5.74) is 1.45. The van der Waals surface area contributed by atoms with Crippen LogP contribution in [0.5, 0.6) is 5.75 Å². The van der Waals surface area contributed by atoms with E-state index in [0.717, 1.165) is 23.3 Å². The van der Waals surface area contributed by atoms with E-state index in [0.29, 0.717) is 12.2 Å². The summed E-state index contributed by atoms with van der Waals surface area (Å²) in [7, 11) is 1.32. The number of carbonyl (C=O) groups excluding carboxylic acids is 2. The van der Waals surface area contributed by atoms with Crippen LogP contribution in [0.1, 0.15) is 23.6 Å². The molecule has 1 aliphatic rings. The number of ether oxygens (including phenoxy) is 2. The highest BCUT2D eigenvalue weighted by Crippen LogP contribution is 2.26. The lowest BCUT2D eigenvalue weighted by molar-refractivity contribution is -0.150. The molecule has 5 heteroatoms. The number of hydrogen-bond donors (Lipinski definition) is 1. The van der Waals surface area contributed by atoms with E-state index >= 15 is 0 Å². The summed E-state index contributed by atoms with van der Waals surface area (Å²) < 4.78 is 10.4. The number of esters is 1. The van der Waals surface area contributed by atoms with Gasteiger partial charge >= 0.3 is 5.97 Å². The maximum atomic E-state index is 12.6. The molecule has 0 radical (unpaired) electrons. The van der Waals surface area contributed by atoms with Crippen molar-refractivity contribution in [3.8, 4) is 5.75 Å². The van der Waals surface area contributed by atoms with Gasteiger partial charge in [-0.15, -0.1) is 0 Å².